The van der Waals surface area contributed by atoms with E-state index in [1.807, 2.05) is 36.4 Å². The first kappa shape index (κ1) is 16.4. The number of hydrogen-bond donors (Lipinski definition) is 3. The van der Waals surface area contributed by atoms with Gasteiger partial charge in [-0.15, -0.1) is 0 Å². The second-order valence-corrected chi connectivity index (χ2v) is 5.23. The summed E-state index contributed by atoms with van der Waals surface area (Å²) in [4.78, 5) is 20.1. The Morgan fingerprint density at radius 1 is 1.08 bits per heavy atom. The number of rotatable bonds is 6. The number of aromatic nitrogens is 4. The number of carbonyl (C=O) groups excluding carboxylic acids is 1. The maximum atomic E-state index is 11.8. The second-order valence-electron chi connectivity index (χ2n) is 5.23. The summed E-state index contributed by atoms with van der Waals surface area (Å²) in [7, 11) is 1.62. The van der Waals surface area contributed by atoms with Crippen molar-refractivity contribution < 1.29 is 9.53 Å². The lowest BCUT2D eigenvalue weighted by molar-refractivity contribution is 0.240. The van der Waals surface area contributed by atoms with Gasteiger partial charge in [0.05, 0.1) is 13.7 Å². The lowest BCUT2D eigenvalue weighted by atomic mass is 10.2. The number of nitrogens with zero attached hydrogens (tertiary/aromatic N) is 3. The van der Waals surface area contributed by atoms with E-state index in [-0.39, 0.29) is 12.6 Å². The quantitative estimate of drug-likeness (QED) is 0.636. The largest absolute Gasteiger partial charge is 0.497 e. The van der Waals surface area contributed by atoms with Gasteiger partial charge in [0.2, 0.25) is 0 Å². The predicted molar refractivity (Wildman–Crippen MR) is 91.7 cm³/mol. The van der Waals surface area contributed by atoms with Gasteiger partial charge >= 0.3 is 6.03 Å². The molecule has 3 aromatic rings. The minimum Gasteiger partial charge on any atom is -0.497 e. The third kappa shape index (κ3) is 4.54. The number of urea groups is 1. The standard InChI is InChI=1S/C17H18N6O2/c1-25-14-4-2-13(3-5-14)16-21-15(22-23-16)11-20-17(24)19-10-12-6-8-18-9-7-12/h2-9H,10-11H2,1H3,(H2,19,20,24)(H,21,22,23). The minimum atomic E-state index is -0.279. The molecule has 0 saturated carbocycles. The highest BCUT2D eigenvalue weighted by atomic mass is 16.5. The second kappa shape index (κ2) is 7.91. The van der Waals surface area contributed by atoms with E-state index in [1.165, 1.54) is 0 Å². The third-order valence-corrected chi connectivity index (χ3v) is 3.50. The molecule has 8 nitrogen and oxygen atoms in total. The van der Waals surface area contributed by atoms with E-state index < -0.39 is 0 Å². The van der Waals surface area contributed by atoms with E-state index in [1.54, 1.807) is 19.5 Å². The van der Waals surface area contributed by atoms with Crippen LogP contribution < -0.4 is 15.4 Å². The van der Waals surface area contributed by atoms with Crippen LogP contribution in [-0.4, -0.2) is 33.3 Å². The Kier molecular flexibility index (Phi) is 5.20. The van der Waals surface area contributed by atoms with Gasteiger partial charge in [0.1, 0.15) is 11.6 Å². The van der Waals surface area contributed by atoms with Crippen LogP contribution in [0.2, 0.25) is 0 Å². The number of benzene rings is 1. The number of H-pyrrole nitrogens is 1. The summed E-state index contributed by atoms with van der Waals surface area (Å²) in [6.45, 7) is 0.688. The Hall–Kier alpha value is -3.42. The molecule has 0 atom stereocenters. The Morgan fingerprint density at radius 2 is 1.80 bits per heavy atom. The van der Waals surface area contributed by atoms with Crippen molar-refractivity contribution in [3.8, 4) is 17.1 Å². The molecule has 0 aliphatic carbocycles. The SMILES string of the molecule is COc1ccc(-c2n[nH]c(CNC(=O)NCc3ccncc3)n2)cc1. The minimum absolute atomic E-state index is 0.255. The number of nitrogens with one attached hydrogen (secondary N) is 3. The normalized spacial score (nSPS) is 10.3. The molecule has 0 saturated heterocycles. The summed E-state index contributed by atoms with van der Waals surface area (Å²) in [6, 6.07) is 10.8. The zero-order chi connectivity index (χ0) is 17.5. The maximum Gasteiger partial charge on any atom is 0.315 e. The molecule has 128 valence electrons. The molecule has 0 unspecified atom stereocenters. The van der Waals surface area contributed by atoms with Gasteiger partial charge in [-0.05, 0) is 42.0 Å². The molecule has 2 heterocycles. The van der Waals surface area contributed by atoms with Crippen molar-refractivity contribution in [2.75, 3.05) is 7.11 Å². The summed E-state index contributed by atoms with van der Waals surface area (Å²) in [5.41, 5.74) is 1.84. The number of ether oxygens (including phenoxy) is 1. The molecule has 0 aliphatic heterocycles. The van der Waals surface area contributed by atoms with Crippen molar-refractivity contribution in [2.45, 2.75) is 13.1 Å². The molecule has 2 aromatic heterocycles. The van der Waals surface area contributed by atoms with Gasteiger partial charge in [0.25, 0.3) is 0 Å². The van der Waals surface area contributed by atoms with Crippen molar-refractivity contribution in [1.29, 1.82) is 0 Å². The number of carbonyl (C=O) groups is 1. The van der Waals surface area contributed by atoms with Gasteiger partial charge in [0, 0.05) is 24.5 Å². The van der Waals surface area contributed by atoms with E-state index in [9.17, 15) is 4.79 Å². The van der Waals surface area contributed by atoms with Crippen molar-refractivity contribution in [3.63, 3.8) is 0 Å². The van der Waals surface area contributed by atoms with Crippen molar-refractivity contribution in [2.24, 2.45) is 0 Å². The summed E-state index contributed by atoms with van der Waals surface area (Å²) in [5, 5.41) is 12.5. The first-order valence-corrected chi connectivity index (χ1v) is 7.71. The molecule has 8 heteroatoms. The highest BCUT2D eigenvalue weighted by molar-refractivity contribution is 5.73. The van der Waals surface area contributed by atoms with Crippen LogP contribution in [0.5, 0.6) is 5.75 Å². The molecule has 3 N–H and O–H groups in total. The van der Waals surface area contributed by atoms with Crippen LogP contribution in [0.4, 0.5) is 4.79 Å². The molecule has 25 heavy (non-hydrogen) atoms. The zero-order valence-corrected chi connectivity index (χ0v) is 13.7. The zero-order valence-electron chi connectivity index (χ0n) is 13.7. The lowest BCUT2D eigenvalue weighted by Crippen LogP contribution is -2.34. The summed E-state index contributed by atoms with van der Waals surface area (Å²) < 4.78 is 5.12. The molecule has 0 bridgehead atoms. The van der Waals surface area contributed by atoms with E-state index in [2.05, 4.69) is 30.8 Å². The molecule has 0 spiro atoms. The smallest absolute Gasteiger partial charge is 0.315 e. The van der Waals surface area contributed by atoms with Gasteiger partial charge in [-0.3, -0.25) is 10.1 Å². The van der Waals surface area contributed by atoms with E-state index in [0.717, 1.165) is 16.9 Å². The van der Waals surface area contributed by atoms with Crippen molar-refractivity contribution in [1.82, 2.24) is 30.8 Å². The fraction of sp³-hybridized carbons (Fsp3) is 0.176. The molecule has 2 amide bonds. The number of pyridine rings is 1. The average Bonchev–Trinajstić information content (AvgIpc) is 3.14. The summed E-state index contributed by atoms with van der Waals surface area (Å²) in [5.74, 6) is 1.91. The first-order chi connectivity index (χ1) is 12.2. The number of methoxy groups -OCH3 is 1. The molecular weight excluding hydrogens is 320 g/mol. The maximum absolute atomic E-state index is 11.8. The number of amides is 2. The Morgan fingerprint density at radius 3 is 2.52 bits per heavy atom. The monoisotopic (exact) mass is 338 g/mol. The van der Waals surface area contributed by atoms with Crippen LogP contribution in [0.1, 0.15) is 11.4 Å². The Labute approximate surface area is 144 Å². The van der Waals surface area contributed by atoms with E-state index in [0.29, 0.717) is 18.2 Å². The van der Waals surface area contributed by atoms with E-state index >= 15 is 0 Å². The highest BCUT2D eigenvalue weighted by Crippen LogP contribution is 2.18. The topological polar surface area (TPSA) is 105 Å². The number of hydrogen-bond acceptors (Lipinski definition) is 5. The molecule has 0 radical (unpaired) electrons. The average molecular weight is 338 g/mol. The predicted octanol–water partition coefficient (Wildman–Crippen LogP) is 1.87. The molecule has 0 aliphatic rings. The van der Waals surface area contributed by atoms with Crippen LogP contribution >= 0.6 is 0 Å². The Balaban J connectivity index is 1.50. The highest BCUT2D eigenvalue weighted by Gasteiger charge is 2.07. The van der Waals surface area contributed by atoms with Gasteiger partial charge in [-0.25, -0.2) is 9.78 Å². The molecular formula is C17H18N6O2. The van der Waals surface area contributed by atoms with Crippen LogP contribution in [0.25, 0.3) is 11.4 Å². The third-order valence-electron chi connectivity index (χ3n) is 3.50. The van der Waals surface area contributed by atoms with Gasteiger partial charge in [0.15, 0.2) is 5.82 Å². The van der Waals surface area contributed by atoms with Crippen LogP contribution in [0.15, 0.2) is 48.8 Å². The van der Waals surface area contributed by atoms with Gasteiger partial charge < -0.3 is 15.4 Å². The Bertz CT molecular complexity index is 817. The fourth-order valence-corrected chi connectivity index (χ4v) is 2.15. The fourth-order valence-electron chi connectivity index (χ4n) is 2.15. The van der Waals surface area contributed by atoms with Crippen LogP contribution in [0, 0.1) is 0 Å². The van der Waals surface area contributed by atoms with E-state index in [4.69, 9.17) is 4.74 Å². The van der Waals surface area contributed by atoms with Crippen LogP contribution in [0.3, 0.4) is 0 Å². The van der Waals surface area contributed by atoms with Crippen molar-refractivity contribution in [3.05, 3.63) is 60.2 Å². The lowest BCUT2D eigenvalue weighted by Gasteiger charge is -2.06. The summed E-state index contributed by atoms with van der Waals surface area (Å²) >= 11 is 0. The number of aromatic amines is 1. The van der Waals surface area contributed by atoms with Crippen LogP contribution in [-0.2, 0) is 13.1 Å². The van der Waals surface area contributed by atoms with Crippen molar-refractivity contribution >= 4 is 6.03 Å². The first-order valence-electron chi connectivity index (χ1n) is 7.71. The molecule has 0 fully saturated rings. The van der Waals surface area contributed by atoms with Gasteiger partial charge in [-0.1, -0.05) is 0 Å². The summed E-state index contributed by atoms with van der Waals surface area (Å²) in [6.07, 6.45) is 3.37. The molecule has 3 rings (SSSR count). The van der Waals surface area contributed by atoms with Gasteiger partial charge in [-0.2, -0.15) is 5.10 Å². The molecule has 1 aromatic carbocycles.